The normalized spacial score (nSPS) is 9.93. The Morgan fingerprint density at radius 2 is 2.21 bits per heavy atom. The van der Waals surface area contributed by atoms with Gasteiger partial charge in [-0.2, -0.15) is 5.10 Å². The van der Waals surface area contributed by atoms with Gasteiger partial charge in [0, 0.05) is 7.05 Å². The molecule has 5 nitrogen and oxygen atoms in total. The second-order valence-electron chi connectivity index (χ2n) is 2.64. The molecule has 1 aromatic rings. The number of rotatable bonds is 4. The zero-order valence-electron chi connectivity index (χ0n) is 8.61. The number of hydrogen-bond acceptors (Lipinski definition) is 4. The predicted octanol–water partition coefficient (Wildman–Crippen LogP) is 0.995. The van der Waals surface area contributed by atoms with E-state index < -0.39 is 5.97 Å². The predicted molar refractivity (Wildman–Crippen MR) is 50.3 cm³/mol. The van der Waals surface area contributed by atoms with Crippen LogP contribution in [-0.2, 0) is 11.8 Å². The maximum Gasteiger partial charge on any atom is 0.345 e. The van der Waals surface area contributed by atoms with Crippen molar-refractivity contribution >= 4 is 5.97 Å². The molecule has 14 heavy (non-hydrogen) atoms. The molecule has 5 heteroatoms. The number of carbonyl (C=O) groups excluding carboxylic acids is 1. The van der Waals surface area contributed by atoms with E-state index in [1.54, 1.807) is 14.0 Å². The second-order valence-corrected chi connectivity index (χ2v) is 2.64. The number of nitrogens with zero attached hydrogens (tertiary/aromatic N) is 2. The van der Waals surface area contributed by atoms with Crippen LogP contribution >= 0.6 is 0 Å². The Balaban J connectivity index is 2.90. The lowest BCUT2D eigenvalue weighted by molar-refractivity contribution is 0.0521. The van der Waals surface area contributed by atoms with Gasteiger partial charge < -0.3 is 9.47 Å². The summed E-state index contributed by atoms with van der Waals surface area (Å²) in [6, 6.07) is 0. The van der Waals surface area contributed by atoms with Gasteiger partial charge in [-0.3, -0.25) is 0 Å². The molecule has 0 aliphatic heterocycles. The standard InChI is InChI=1S/C9H14N2O3/c1-4-13-8-7(6-10-11(8)3)9(12)14-5-2/h6H,4-5H2,1-3H3. The number of hydrogen-bond donors (Lipinski definition) is 0. The minimum absolute atomic E-state index is 0.347. The molecule has 78 valence electrons. The van der Waals surface area contributed by atoms with E-state index in [2.05, 4.69) is 5.10 Å². The lowest BCUT2D eigenvalue weighted by Gasteiger charge is -2.05. The largest absolute Gasteiger partial charge is 0.478 e. The van der Waals surface area contributed by atoms with Crippen LogP contribution in [0, 0.1) is 0 Å². The fraction of sp³-hybridized carbons (Fsp3) is 0.556. The molecule has 0 saturated carbocycles. The number of ether oxygens (including phenoxy) is 2. The molecule has 0 aliphatic carbocycles. The van der Waals surface area contributed by atoms with Gasteiger partial charge in [0.1, 0.15) is 5.56 Å². The molecule has 0 fully saturated rings. The molecule has 1 heterocycles. The van der Waals surface area contributed by atoms with Gasteiger partial charge in [0.25, 0.3) is 0 Å². The van der Waals surface area contributed by atoms with Crippen molar-refractivity contribution in [1.82, 2.24) is 9.78 Å². The molecule has 0 aromatic carbocycles. The van der Waals surface area contributed by atoms with E-state index in [0.717, 1.165) is 0 Å². The maximum atomic E-state index is 11.4. The monoisotopic (exact) mass is 198 g/mol. The Hall–Kier alpha value is -1.52. The van der Waals surface area contributed by atoms with Crippen molar-refractivity contribution in [3.05, 3.63) is 11.8 Å². The minimum Gasteiger partial charge on any atom is -0.478 e. The van der Waals surface area contributed by atoms with Crippen molar-refractivity contribution in [2.75, 3.05) is 13.2 Å². The number of aryl methyl sites for hydroxylation is 1. The van der Waals surface area contributed by atoms with E-state index in [9.17, 15) is 4.79 Å². The van der Waals surface area contributed by atoms with Crippen molar-refractivity contribution < 1.29 is 14.3 Å². The Labute approximate surface area is 82.6 Å². The molecule has 0 unspecified atom stereocenters. The van der Waals surface area contributed by atoms with Gasteiger partial charge in [-0.1, -0.05) is 0 Å². The van der Waals surface area contributed by atoms with Crippen LogP contribution in [0.4, 0.5) is 0 Å². The van der Waals surface area contributed by atoms with E-state index in [1.807, 2.05) is 6.92 Å². The van der Waals surface area contributed by atoms with Crippen molar-refractivity contribution in [1.29, 1.82) is 0 Å². The van der Waals surface area contributed by atoms with Gasteiger partial charge in [-0.25, -0.2) is 9.48 Å². The van der Waals surface area contributed by atoms with Gasteiger partial charge in [0.15, 0.2) is 0 Å². The van der Waals surface area contributed by atoms with Crippen molar-refractivity contribution in [2.24, 2.45) is 7.05 Å². The molecule has 0 spiro atoms. The summed E-state index contributed by atoms with van der Waals surface area (Å²) in [5.74, 6) is 0.0509. The number of aromatic nitrogens is 2. The van der Waals surface area contributed by atoms with Crippen LogP contribution in [0.15, 0.2) is 6.20 Å². The van der Waals surface area contributed by atoms with E-state index in [1.165, 1.54) is 10.9 Å². The molecule has 0 N–H and O–H groups in total. The molecule has 0 atom stereocenters. The molecule has 0 radical (unpaired) electrons. The summed E-state index contributed by atoms with van der Waals surface area (Å²) in [5.41, 5.74) is 0.371. The minimum atomic E-state index is -0.399. The Kier molecular flexibility index (Phi) is 3.50. The van der Waals surface area contributed by atoms with Crippen molar-refractivity contribution in [3.8, 4) is 5.88 Å². The molecule has 0 amide bonds. The molecule has 1 rings (SSSR count). The Morgan fingerprint density at radius 1 is 1.50 bits per heavy atom. The van der Waals surface area contributed by atoms with Gasteiger partial charge in [-0.15, -0.1) is 0 Å². The highest BCUT2D eigenvalue weighted by atomic mass is 16.5. The topological polar surface area (TPSA) is 53.3 Å². The van der Waals surface area contributed by atoms with Crippen molar-refractivity contribution in [2.45, 2.75) is 13.8 Å². The van der Waals surface area contributed by atoms with Crippen LogP contribution in [-0.4, -0.2) is 29.0 Å². The summed E-state index contributed by atoms with van der Waals surface area (Å²) >= 11 is 0. The SMILES string of the molecule is CCOC(=O)c1cnn(C)c1OCC. The lowest BCUT2D eigenvalue weighted by atomic mass is 10.3. The third kappa shape index (κ3) is 2.04. The quantitative estimate of drug-likeness (QED) is 0.677. The molecule has 1 aromatic heterocycles. The fourth-order valence-electron chi connectivity index (χ4n) is 1.08. The Morgan fingerprint density at radius 3 is 2.79 bits per heavy atom. The van der Waals surface area contributed by atoms with Crippen LogP contribution < -0.4 is 4.74 Å². The van der Waals surface area contributed by atoms with E-state index in [0.29, 0.717) is 24.7 Å². The van der Waals surface area contributed by atoms with Crippen LogP contribution in [0.2, 0.25) is 0 Å². The third-order valence-electron chi connectivity index (χ3n) is 1.66. The van der Waals surface area contributed by atoms with Crippen molar-refractivity contribution in [3.63, 3.8) is 0 Å². The summed E-state index contributed by atoms with van der Waals surface area (Å²) < 4.78 is 11.6. The van der Waals surface area contributed by atoms with Crippen LogP contribution in [0.3, 0.4) is 0 Å². The first kappa shape index (κ1) is 10.6. The zero-order chi connectivity index (χ0) is 10.6. The summed E-state index contributed by atoms with van der Waals surface area (Å²) in [6.07, 6.45) is 1.45. The smallest absolute Gasteiger partial charge is 0.345 e. The van der Waals surface area contributed by atoms with E-state index in [4.69, 9.17) is 9.47 Å². The first-order valence-electron chi connectivity index (χ1n) is 4.52. The van der Waals surface area contributed by atoms with E-state index in [-0.39, 0.29) is 0 Å². The summed E-state index contributed by atoms with van der Waals surface area (Å²) in [4.78, 5) is 11.4. The lowest BCUT2D eigenvalue weighted by Crippen LogP contribution is -2.08. The van der Waals surface area contributed by atoms with Gasteiger partial charge in [-0.05, 0) is 13.8 Å². The van der Waals surface area contributed by atoms with Crippen LogP contribution in [0.25, 0.3) is 0 Å². The number of carbonyl (C=O) groups is 1. The molecule has 0 saturated heterocycles. The third-order valence-corrected chi connectivity index (χ3v) is 1.66. The Bertz CT molecular complexity index is 320. The zero-order valence-corrected chi connectivity index (χ0v) is 8.61. The highest BCUT2D eigenvalue weighted by Crippen LogP contribution is 2.17. The van der Waals surface area contributed by atoms with Gasteiger partial charge >= 0.3 is 5.97 Å². The average molecular weight is 198 g/mol. The van der Waals surface area contributed by atoms with Gasteiger partial charge in [0.2, 0.25) is 5.88 Å². The summed E-state index contributed by atoms with van der Waals surface area (Å²) in [6.45, 7) is 4.45. The molecular weight excluding hydrogens is 184 g/mol. The van der Waals surface area contributed by atoms with E-state index >= 15 is 0 Å². The summed E-state index contributed by atoms with van der Waals surface area (Å²) in [7, 11) is 1.72. The summed E-state index contributed by atoms with van der Waals surface area (Å²) in [5, 5.41) is 3.93. The highest BCUT2D eigenvalue weighted by molar-refractivity contribution is 5.91. The van der Waals surface area contributed by atoms with Crippen LogP contribution in [0.5, 0.6) is 5.88 Å². The fourth-order valence-corrected chi connectivity index (χ4v) is 1.08. The molecular formula is C9H14N2O3. The molecule has 0 aliphatic rings. The van der Waals surface area contributed by atoms with Gasteiger partial charge in [0.05, 0.1) is 19.4 Å². The maximum absolute atomic E-state index is 11.4. The highest BCUT2D eigenvalue weighted by Gasteiger charge is 2.17. The van der Waals surface area contributed by atoms with Crippen LogP contribution in [0.1, 0.15) is 24.2 Å². The first-order valence-corrected chi connectivity index (χ1v) is 4.52. The second kappa shape index (κ2) is 4.64. The number of esters is 1. The first-order chi connectivity index (χ1) is 6.70. The molecule has 0 bridgehead atoms. The average Bonchev–Trinajstić information content (AvgIpc) is 2.50.